The predicted octanol–water partition coefficient (Wildman–Crippen LogP) is 0.558. The van der Waals surface area contributed by atoms with Crippen LogP contribution in [0, 0.1) is 6.92 Å². The number of thiazole rings is 1. The van der Waals surface area contributed by atoms with Gasteiger partial charge in [0.25, 0.3) is 10.0 Å². The van der Waals surface area contributed by atoms with Gasteiger partial charge >= 0.3 is 0 Å². The Kier molecular flexibility index (Phi) is 2.56. The smallest absolute Gasteiger partial charge is 0.275 e. The average Bonchev–Trinajstić information content (AvgIpc) is 2.75. The van der Waals surface area contributed by atoms with Gasteiger partial charge in [-0.1, -0.05) is 11.3 Å². The molecule has 2 heterocycles. The standard InChI is InChI=1S/C7H9N5O2S2/c1-4-5(15-6(8)11-4)16(13,14)12-7-9-2-3-10-7/h2-3H,1H3,(H2,8,11)(H2,9,10,12). The fraction of sp³-hybridized carbons (Fsp3) is 0.143. The molecule has 86 valence electrons. The van der Waals surface area contributed by atoms with Gasteiger partial charge in [-0.05, 0) is 6.92 Å². The Morgan fingerprint density at radius 1 is 1.56 bits per heavy atom. The highest BCUT2D eigenvalue weighted by Crippen LogP contribution is 2.25. The third-order valence-electron chi connectivity index (χ3n) is 1.74. The molecule has 0 saturated carbocycles. The van der Waals surface area contributed by atoms with Crippen molar-refractivity contribution < 1.29 is 8.42 Å². The summed E-state index contributed by atoms with van der Waals surface area (Å²) < 4.78 is 26.1. The summed E-state index contributed by atoms with van der Waals surface area (Å²) in [4.78, 5) is 10.3. The number of nitrogens with two attached hydrogens (primary N) is 1. The maximum absolute atomic E-state index is 11.9. The molecule has 4 N–H and O–H groups in total. The third kappa shape index (κ3) is 1.99. The first-order valence-electron chi connectivity index (χ1n) is 4.24. The molecule has 7 nitrogen and oxygen atoms in total. The van der Waals surface area contributed by atoms with Crippen molar-refractivity contribution in [3.63, 3.8) is 0 Å². The van der Waals surface area contributed by atoms with Crippen molar-refractivity contribution in [2.75, 3.05) is 10.5 Å². The fourth-order valence-electron chi connectivity index (χ4n) is 1.15. The lowest BCUT2D eigenvalue weighted by Crippen LogP contribution is -2.13. The average molecular weight is 259 g/mol. The number of nitrogens with zero attached hydrogens (tertiary/aromatic N) is 2. The van der Waals surface area contributed by atoms with Gasteiger partial charge in [0, 0.05) is 12.4 Å². The molecule has 0 aliphatic carbocycles. The van der Waals surface area contributed by atoms with Crippen molar-refractivity contribution in [2.24, 2.45) is 0 Å². The maximum Gasteiger partial charge on any atom is 0.275 e. The number of aryl methyl sites for hydroxylation is 1. The number of nitrogens with one attached hydrogen (secondary N) is 2. The Hall–Kier alpha value is -1.61. The normalized spacial score (nSPS) is 11.6. The molecule has 9 heteroatoms. The van der Waals surface area contributed by atoms with Gasteiger partial charge in [-0.2, -0.15) is 0 Å². The van der Waals surface area contributed by atoms with E-state index in [1.807, 2.05) is 0 Å². The molecule has 0 radical (unpaired) electrons. The second-order valence-corrected chi connectivity index (χ2v) is 5.88. The van der Waals surface area contributed by atoms with Crippen LogP contribution >= 0.6 is 11.3 Å². The SMILES string of the molecule is Cc1nc(N)sc1S(=O)(=O)Nc1ncc[nH]1. The summed E-state index contributed by atoms with van der Waals surface area (Å²) in [6.45, 7) is 1.59. The lowest BCUT2D eigenvalue weighted by Gasteiger charge is -2.02. The van der Waals surface area contributed by atoms with Crippen molar-refractivity contribution in [3.05, 3.63) is 18.1 Å². The minimum atomic E-state index is -3.66. The predicted molar refractivity (Wildman–Crippen MR) is 60.7 cm³/mol. The van der Waals surface area contributed by atoms with E-state index in [-0.39, 0.29) is 15.3 Å². The molecular formula is C7H9N5O2S2. The minimum absolute atomic E-state index is 0.0985. The van der Waals surface area contributed by atoms with Crippen LogP contribution in [0.3, 0.4) is 0 Å². The van der Waals surface area contributed by atoms with E-state index in [2.05, 4.69) is 19.7 Å². The van der Waals surface area contributed by atoms with Crippen LogP contribution in [0.2, 0.25) is 0 Å². The number of hydrogen-bond acceptors (Lipinski definition) is 6. The zero-order valence-corrected chi connectivity index (χ0v) is 9.89. The number of H-pyrrole nitrogens is 1. The second kappa shape index (κ2) is 3.76. The first kappa shape index (κ1) is 10.9. The highest BCUT2D eigenvalue weighted by atomic mass is 32.2. The molecule has 2 aromatic rings. The summed E-state index contributed by atoms with van der Waals surface area (Å²) >= 11 is 0.918. The van der Waals surface area contributed by atoms with Gasteiger partial charge in [-0.15, -0.1) is 0 Å². The molecule has 16 heavy (non-hydrogen) atoms. The van der Waals surface area contributed by atoms with E-state index in [1.165, 1.54) is 12.4 Å². The first-order valence-corrected chi connectivity index (χ1v) is 6.54. The van der Waals surface area contributed by atoms with Crippen LogP contribution in [0.4, 0.5) is 11.1 Å². The topological polar surface area (TPSA) is 114 Å². The highest BCUT2D eigenvalue weighted by molar-refractivity contribution is 7.94. The van der Waals surface area contributed by atoms with Crippen molar-refractivity contribution in [2.45, 2.75) is 11.1 Å². The number of rotatable bonds is 3. The van der Waals surface area contributed by atoms with Gasteiger partial charge in [-0.25, -0.2) is 23.1 Å². The van der Waals surface area contributed by atoms with Gasteiger partial charge in [-0.3, -0.25) is 0 Å². The summed E-state index contributed by atoms with van der Waals surface area (Å²) in [6, 6.07) is 0. The van der Waals surface area contributed by atoms with Crippen molar-refractivity contribution in [1.82, 2.24) is 15.0 Å². The van der Waals surface area contributed by atoms with Crippen LogP contribution in [0.5, 0.6) is 0 Å². The lowest BCUT2D eigenvalue weighted by molar-refractivity contribution is 0.602. The summed E-state index contributed by atoms with van der Waals surface area (Å²) in [5, 5.41) is 0.220. The van der Waals surface area contributed by atoms with Crippen LogP contribution < -0.4 is 10.5 Å². The molecule has 0 unspecified atom stereocenters. The molecule has 0 amide bonds. The second-order valence-electron chi connectivity index (χ2n) is 2.97. The van der Waals surface area contributed by atoms with Crippen LogP contribution in [-0.2, 0) is 10.0 Å². The Labute approximate surface area is 95.8 Å². The molecule has 0 saturated heterocycles. The van der Waals surface area contributed by atoms with Gasteiger partial charge in [0.15, 0.2) is 9.34 Å². The number of nitrogen functional groups attached to an aromatic ring is 1. The van der Waals surface area contributed by atoms with Gasteiger partial charge in [0.2, 0.25) is 5.95 Å². The monoisotopic (exact) mass is 259 g/mol. The van der Waals surface area contributed by atoms with Crippen LogP contribution in [0.1, 0.15) is 5.69 Å². The summed E-state index contributed by atoms with van der Waals surface area (Å²) in [6.07, 6.45) is 2.97. The lowest BCUT2D eigenvalue weighted by atomic mass is 10.6. The van der Waals surface area contributed by atoms with Crippen LogP contribution in [0.15, 0.2) is 16.6 Å². The Morgan fingerprint density at radius 3 is 2.81 bits per heavy atom. The molecule has 0 atom stereocenters. The zero-order valence-electron chi connectivity index (χ0n) is 8.26. The van der Waals surface area contributed by atoms with Crippen molar-refractivity contribution >= 4 is 32.4 Å². The number of sulfonamides is 1. The summed E-state index contributed by atoms with van der Waals surface area (Å²) in [5.41, 5.74) is 5.82. The van der Waals surface area contributed by atoms with Crippen LogP contribution in [0.25, 0.3) is 0 Å². The van der Waals surface area contributed by atoms with E-state index in [0.717, 1.165) is 11.3 Å². The maximum atomic E-state index is 11.9. The molecule has 2 rings (SSSR count). The molecule has 0 aliphatic rings. The quantitative estimate of drug-likeness (QED) is 0.745. The molecule has 0 aromatic carbocycles. The van der Waals surface area contributed by atoms with E-state index in [4.69, 9.17) is 5.73 Å². The van der Waals surface area contributed by atoms with Crippen molar-refractivity contribution in [1.29, 1.82) is 0 Å². The van der Waals surface area contributed by atoms with E-state index < -0.39 is 10.0 Å². The molecule has 0 aliphatic heterocycles. The summed E-state index contributed by atoms with van der Waals surface area (Å²) in [5.74, 6) is 0.159. The van der Waals surface area contributed by atoms with E-state index in [9.17, 15) is 8.42 Å². The van der Waals surface area contributed by atoms with Gasteiger partial charge in [0.05, 0.1) is 5.69 Å². The molecule has 0 fully saturated rings. The highest BCUT2D eigenvalue weighted by Gasteiger charge is 2.21. The molecule has 0 bridgehead atoms. The van der Waals surface area contributed by atoms with E-state index in [1.54, 1.807) is 6.92 Å². The molecule has 0 spiro atoms. The van der Waals surface area contributed by atoms with Crippen LogP contribution in [-0.4, -0.2) is 23.4 Å². The number of hydrogen-bond donors (Lipinski definition) is 3. The molecular weight excluding hydrogens is 250 g/mol. The largest absolute Gasteiger partial charge is 0.375 e. The van der Waals surface area contributed by atoms with Crippen molar-refractivity contribution in [3.8, 4) is 0 Å². The Balaban J connectivity index is 2.36. The molecule has 2 aromatic heterocycles. The Morgan fingerprint density at radius 2 is 2.31 bits per heavy atom. The first-order chi connectivity index (χ1) is 7.49. The fourth-order valence-corrected chi connectivity index (χ4v) is 3.43. The zero-order chi connectivity index (χ0) is 11.8. The Bertz CT molecular complexity index is 586. The number of aromatic nitrogens is 3. The minimum Gasteiger partial charge on any atom is -0.375 e. The van der Waals surface area contributed by atoms with E-state index in [0.29, 0.717) is 5.69 Å². The third-order valence-corrected chi connectivity index (χ3v) is 4.68. The number of imidazole rings is 1. The number of anilines is 2. The summed E-state index contributed by atoms with van der Waals surface area (Å²) in [7, 11) is -3.66. The van der Waals surface area contributed by atoms with Gasteiger partial charge < -0.3 is 10.7 Å². The van der Waals surface area contributed by atoms with E-state index >= 15 is 0 Å². The number of aromatic amines is 1. The van der Waals surface area contributed by atoms with Gasteiger partial charge in [0.1, 0.15) is 0 Å².